The van der Waals surface area contributed by atoms with Gasteiger partial charge in [0, 0.05) is 55.8 Å². The molecule has 0 radical (unpaired) electrons. The molecule has 1 unspecified atom stereocenters. The van der Waals surface area contributed by atoms with Crippen LogP contribution in [0.1, 0.15) is 35.9 Å². The monoisotopic (exact) mass is 583 g/mol. The van der Waals surface area contributed by atoms with Crippen LogP contribution in [-0.2, 0) is 4.79 Å². The lowest BCUT2D eigenvalue weighted by atomic mass is 9.87. The number of nitrogens with one attached hydrogen (secondary N) is 1. The summed E-state index contributed by atoms with van der Waals surface area (Å²) in [5.74, 6) is -0.986. The molecule has 0 saturated carbocycles. The number of ether oxygens (including phenoxy) is 1. The molecule has 2 saturated heterocycles. The van der Waals surface area contributed by atoms with E-state index in [4.69, 9.17) is 16.3 Å². The zero-order chi connectivity index (χ0) is 29.1. The molecule has 12 heteroatoms. The van der Waals surface area contributed by atoms with Crippen LogP contribution in [-0.4, -0.2) is 76.9 Å². The van der Waals surface area contributed by atoms with Gasteiger partial charge in [-0.15, -0.1) is 0 Å². The Morgan fingerprint density at radius 1 is 1.05 bits per heavy atom. The second-order valence-electron chi connectivity index (χ2n) is 10.3. The van der Waals surface area contributed by atoms with Gasteiger partial charge in [-0.1, -0.05) is 29.8 Å². The van der Waals surface area contributed by atoms with Gasteiger partial charge in [0.2, 0.25) is 5.91 Å². The summed E-state index contributed by atoms with van der Waals surface area (Å²) < 4.78 is 20.5. The van der Waals surface area contributed by atoms with Crippen molar-refractivity contribution in [2.45, 2.75) is 24.8 Å². The van der Waals surface area contributed by atoms with Crippen molar-refractivity contribution in [1.29, 1.82) is 0 Å². The van der Waals surface area contributed by atoms with Crippen molar-refractivity contribution in [3.63, 3.8) is 0 Å². The molecule has 3 heterocycles. The summed E-state index contributed by atoms with van der Waals surface area (Å²) in [5, 5.41) is 17.1. The zero-order valence-electron chi connectivity index (χ0n) is 22.5. The Kier molecular flexibility index (Phi) is 8.44. The minimum absolute atomic E-state index is 0.151. The molecule has 2 fully saturated rings. The number of benzene rings is 2. The van der Waals surface area contributed by atoms with Crippen LogP contribution in [0.3, 0.4) is 0 Å². The van der Waals surface area contributed by atoms with Gasteiger partial charge in [0.05, 0.1) is 19.1 Å². The lowest BCUT2D eigenvalue weighted by Gasteiger charge is -2.38. The highest BCUT2D eigenvalue weighted by Crippen LogP contribution is 2.38. The largest absolute Gasteiger partial charge is 0.497 e. The fraction of sp³-hybridized carbons (Fsp3) is 0.379. The summed E-state index contributed by atoms with van der Waals surface area (Å²) in [6, 6.07) is 13.9. The molecule has 3 atom stereocenters. The Morgan fingerprint density at radius 2 is 1.80 bits per heavy atom. The van der Waals surface area contributed by atoms with Crippen molar-refractivity contribution in [3.05, 3.63) is 86.9 Å². The molecule has 2 aliphatic heterocycles. The van der Waals surface area contributed by atoms with Gasteiger partial charge in [-0.3, -0.25) is 14.5 Å². The summed E-state index contributed by atoms with van der Waals surface area (Å²) in [6.07, 6.45) is 0.158. The first-order chi connectivity index (χ1) is 19.7. The van der Waals surface area contributed by atoms with Crippen molar-refractivity contribution in [1.82, 2.24) is 20.0 Å². The minimum atomic E-state index is -1.06. The smallest absolute Gasteiger partial charge is 0.407 e. The SMILES string of the molecule is COc1ccc([C@@H]2CN(c3ccc(=O)[nH]n3)C[C@H]2C(=O)N2CCCCN(C(=O)O)C(c3ccc(Cl)cc3)C2)c(F)c1. The maximum Gasteiger partial charge on any atom is 0.407 e. The van der Waals surface area contributed by atoms with E-state index in [1.807, 2.05) is 4.90 Å². The number of hydrogen-bond acceptors (Lipinski definition) is 6. The topological polar surface area (TPSA) is 119 Å². The third-order valence-corrected chi connectivity index (χ3v) is 8.14. The van der Waals surface area contributed by atoms with Crippen LogP contribution in [0, 0.1) is 11.7 Å². The summed E-state index contributed by atoms with van der Waals surface area (Å²) in [7, 11) is 1.46. The summed E-state index contributed by atoms with van der Waals surface area (Å²) in [4.78, 5) is 43.1. The summed E-state index contributed by atoms with van der Waals surface area (Å²) in [6.45, 7) is 1.49. The number of halogens is 2. The van der Waals surface area contributed by atoms with Crippen molar-refractivity contribution in [2.75, 3.05) is 44.7 Å². The lowest BCUT2D eigenvalue weighted by molar-refractivity contribution is -0.136. The number of carbonyl (C=O) groups excluding carboxylic acids is 1. The van der Waals surface area contributed by atoms with Gasteiger partial charge in [-0.05, 0) is 48.2 Å². The van der Waals surface area contributed by atoms with Crippen molar-refractivity contribution >= 4 is 29.4 Å². The van der Waals surface area contributed by atoms with E-state index in [1.165, 1.54) is 24.1 Å². The van der Waals surface area contributed by atoms with E-state index in [9.17, 15) is 19.5 Å². The van der Waals surface area contributed by atoms with Crippen LogP contribution < -0.4 is 15.2 Å². The Bertz CT molecular complexity index is 1450. The van der Waals surface area contributed by atoms with Gasteiger partial charge in [0.15, 0.2) is 0 Å². The number of carbonyl (C=O) groups is 2. The van der Waals surface area contributed by atoms with E-state index in [2.05, 4.69) is 10.2 Å². The molecule has 0 bridgehead atoms. The number of methoxy groups -OCH3 is 1. The molecule has 10 nitrogen and oxygen atoms in total. The average Bonchev–Trinajstić information content (AvgIpc) is 3.38. The molecule has 216 valence electrons. The molecule has 0 spiro atoms. The van der Waals surface area contributed by atoms with Crippen LogP contribution >= 0.6 is 11.6 Å². The van der Waals surface area contributed by atoms with E-state index in [-0.39, 0.29) is 24.6 Å². The second kappa shape index (κ2) is 12.2. The number of H-pyrrole nitrogens is 1. The summed E-state index contributed by atoms with van der Waals surface area (Å²) in [5.41, 5.74) is 0.763. The molecule has 2 N–H and O–H groups in total. The maximum atomic E-state index is 15.4. The highest BCUT2D eigenvalue weighted by Gasteiger charge is 2.43. The first-order valence-corrected chi connectivity index (χ1v) is 13.8. The molecule has 2 aromatic carbocycles. The Labute approximate surface area is 241 Å². The third-order valence-electron chi connectivity index (χ3n) is 7.89. The number of anilines is 1. The standard InChI is InChI=1S/C29H31ClFN5O5/c1-41-20-8-9-21(24(31)14-20)22-15-35(26-10-11-27(37)33-32-26)16-23(22)28(38)34-12-2-3-13-36(29(39)40)25(17-34)18-4-6-19(30)7-5-18/h4-11,14,22-23,25H,2-3,12-13,15-17H2,1H3,(H,33,37)(H,39,40)/t22-,23+,25?/m0/s1. The molecule has 1 aromatic heterocycles. The van der Waals surface area contributed by atoms with Gasteiger partial charge in [-0.2, -0.15) is 5.10 Å². The highest BCUT2D eigenvalue weighted by molar-refractivity contribution is 6.30. The van der Waals surface area contributed by atoms with Gasteiger partial charge >= 0.3 is 6.09 Å². The van der Waals surface area contributed by atoms with Gasteiger partial charge in [0.1, 0.15) is 17.4 Å². The molecule has 5 rings (SSSR count). The van der Waals surface area contributed by atoms with Crippen LogP contribution in [0.25, 0.3) is 0 Å². The molecule has 0 aliphatic carbocycles. The third kappa shape index (κ3) is 6.14. The Hall–Kier alpha value is -4.12. The lowest BCUT2D eigenvalue weighted by Crippen LogP contribution is -2.48. The number of amides is 2. The average molecular weight is 584 g/mol. The van der Waals surface area contributed by atoms with Crippen LogP contribution in [0.15, 0.2) is 59.4 Å². The van der Waals surface area contributed by atoms with E-state index in [0.29, 0.717) is 54.6 Å². The van der Waals surface area contributed by atoms with Crippen LogP contribution in [0.4, 0.5) is 15.0 Å². The highest BCUT2D eigenvalue weighted by atomic mass is 35.5. The fourth-order valence-electron chi connectivity index (χ4n) is 5.78. The van der Waals surface area contributed by atoms with E-state index < -0.39 is 29.8 Å². The van der Waals surface area contributed by atoms with Crippen LogP contribution in [0.2, 0.25) is 5.02 Å². The number of rotatable bonds is 5. The maximum absolute atomic E-state index is 15.4. The molecule has 2 aliphatic rings. The number of aromatic amines is 1. The number of nitrogens with zero attached hydrogens (tertiary/aromatic N) is 4. The zero-order valence-corrected chi connectivity index (χ0v) is 23.3. The molecular formula is C29H31ClFN5O5. The Balaban J connectivity index is 1.49. The minimum Gasteiger partial charge on any atom is -0.497 e. The predicted molar refractivity (Wildman–Crippen MR) is 151 cm³/mol. The van der Waals surface area contributed by atoms with E-state index in [0.717, 1.165) is 5.56 Å². The van der Waals surface area contributed by atoms with Crippen molar-refractivity contribution in [3.8, 4) is 5.75 Å². The van der Waals surface area contributed by atoms with Crippen molar-refractivity contribution < 1.29 is 23.8 Å². The van der Waals surface area contributed by atoms with Gasteiger partial charge in [-0.25, -0.2) is 14.3 Å². The summed E-state index contributed by atoms with van der Waals surface area (Å²) >= 11 is 6.09. The second-order valence-corrected chi connectivity index (χ2v) is 10.8. The van der Waals surface area contributed by atoms with E-state index >= 15 is 4.39 Å². The molecule has 41 heavy (non-hydrogen) atoms. The fourth-order valence-corrected chi connectivity index (χ4v) is 5.90. The van der Waals surface area contributed by atoms with Crippen LogP contribution in [0.5, 0.6) is 5.75 Å². The molecule has 2 amide bonds. The van der Waals surface area contributed by atoms with Gasteiger partial charge in [0.25, 0.3) is 5.56 Å². The first-order valence-electron chi connectivity index (χ1n) is 13.4. The van der Waals surface area contributed by atoms with Crippen molar-refractivity contribution in [2.24, 2.45) is 5.92 Å². The first kappa shape index (κ1) is 28.4. The molecule has 3 aromatic rings. The quantitative estimate of drug-likeness (QED) is 0.463. The Morgan fingerprint density at radius 3 is 2.46 bits per heavy atom. The number of aromatic nitrogens is 2. The number of carboxylic acid groups (broad SMARTS) is 1. The van der Waals surface area contributed by atoms with E-state index in [1.54, 1.807) is 47.4 Å². The normalized spacial score (nSPS) is 21.3. The predicted octanol–water partition coefficient (Wildman–Crippen LogP) is 4.13. The molecular weight excluding hydrogens is 553 g/mol. The van der Waals surface area contributed by atoms with Gasteiger partial charge < -0.3 is 19.6 Å². The number of hydrogen-bond donors (Lipinski definition) is 2.